The second-order valence-electron chi connectivity index (χ2n) is 8.72. The van der Waals surface area contributed by atoms with Crippen molar-refractivity contribution < 1.29 is 23.1 Å². The molecule has 0 saturated heterocycles. The van der Waals surface area contributed by atoms with Gasteiger partial charge in [-0.15, -0.1) is 0 Å². The number of halogens is 2. The summed E-state index contributed by atoms with van der Waals surface area (Å²) in [4.78, 5) is 24.0. The van der Waals surface area contributed by atoms with Gasteiger partial charge < -0.3 is 24.2 Å². The zero-order valence-electron chi connectivity index (χ0n) is 19.9. The van der Waals surface area contributed by atoms with E-state index < -0.39 is 23.0 Å². The Balaban J connectivity index is 1.81. The Morgan fingerprint density at radius 3 is 2.26 bits per heavy atom. The van der Waals surface area contributed by atoms with E-state index in [2.05, 4.69) is 10.6 Å². The van der Waals surface area contributed by atoms with E-state index in [0.29, 0.717) is 53.6 Å². The minimum atomic E-state index is -2.51. The van der Waals surface area contributed by atoms with Crippen molar-refractivity contribution in [3.05, 3.63) is 63.6 Å². The normalized spacial score (nSPS) is 12.1. The molecule has 0 fully saturated rings. The lowest BCUT2D eigenvalue weighted by Crippen LogP contribution is -2.33. The number of unbranched alkanes of at least 4 members (excludes halogenated alkanes) is 1. The van der Waals surface area contributed by atoms with E-state index >= 15 is 0 Å². The van der Waals surface area contributed by atoms with Crippen molar-refractivity contribution in [1.82, 2.24) is 10.6 Å². The van der Waals surface area contributed by atoms with Crippen molar-refractivity contribution in [1.29, 1.82) is 0 Å². The van der Waals surface area contributed by atoms with E-state index in [0.717, 1.165) is 5.56 Å². The van der Waals surface area contributed by atoms with Gasteiger partial charge in [0, 0.05) is 42.2 Å². The molecule has 0 radical (unpaired) electrons. The van der Waals surface area contributed by atoms with Crippen molar-refractivity contribution in [3.63, 3.8) is 0 Å². The van der Waals surface area contributed by atoms with Gasteiger partial charge in [0.05, 0.1) is 10.0 Å². The Bertz CT molecular complexity index is 1030. The fourth-order valence-corrected chi connectivity index (χ4v) is 4.04. The average molecular weight is 543 g/mol. The summed E-state index contributed by atoms with van der Waals surface area (Å²) < 4.78 is 29.9. The maximum Gasteiger partial charge on any atom is 0.407 e. The number of anilines is 1. The summed E-state index contributed by atoms with van der Waals surface area (Å²) in [5.74, 6) is -0.267. The van der Waals surface area contributed by atoms with Crippen LogP contribution in [0.15, 0.2) is 42.5 Å². The van der Waals surface area contributed by atoms with Crippen LogP contribution in [0.3, 0.4) is 0 Å². The number of hydrogen-bond donors (Lipinski definition) is 2. The fourth-order valence-electron chi connectivity index (χ4n) is 3.09. The summed E-state index contributed by atoms with van der Waals surface area (Å²) in [5.41, 5.74) is 1.04. The summed E-state index contributed by atoms with van der Waals surface area (Å²) in [6.07, 6.45) is 1.26. The van der Waals surface area contributed by atoms with Gasteiger partial charge in [-0.25, -0.2) is 4.79 Å². The summed E-state index contributed by atoms with van der Waals surface area (Å²) in [5, 5.41) is 6.29. The molecule has 0 spiro atoms. The predicted molar refractivity (Wildman–Crippen MR) is 139 cm³/mol. The molecular weight excluding hydrogens is 513 g/mol. The lowest BCUT2D eigenvalue weighted by Gasteiger charge is -2.26. The van der Waals surface area contributed by atoms with E-state index in [1.165, 1.54) is 4.31 Å². The molecule has 2 N–H and O–H groups in total. The highest BCUT2D eigenvalue weighted by Crippen LogP contribution is 2.26. The third-order valence-corrected chi connectivity index (χ3v) is 6.38. The Labute approximate surface area is 218 Å². The first-order chi connectivity index (χ1) is 16.5. The van der Waals surface area contributed by atoms with Crippen molar-refractivity contribution in [2.75, 3.05) is 23.9 Å². The van der Waals surface area contributed by atoms with Crippen LogP contribution < -0.4 is 14.9 Å². The molecule has 2 amide bonds. The van der Waals surface area contributed by atoms with Gasteiger partial charge in [0.15, 0.2) is 0 Å². The summed E-state index contributed by atoms with van der Waals surface area (Å²) in [7, 11) is 0. The molecule has 35 heavy (non-hydrogen) atoms. The third-order valence-electron chi connectivity index (χ3n) is 4.77. The molecule has 8 nitrogen and oxygen atoms in total. The van der Waals surface area contributed by atoms with E-state index in [1.807, 2.05) is 0 Å². The minimum absolute atomic E-state index is 0.166. The van der Waals surface area contributed by atoms with Crippen LogP contribution in [-0.4, -0.2) is 46.0 Å². The van der Waals surface area contributed by atoms with Crippen LogP contribution in [0.25, 0.3) is 0 Å². The molecule has 0 bridgehead atoms. The molecule has 2 aromatic carbocycles. The maximum absolute atomic E-state index is 12.4. The highest BCUT2D eigenvalue weighted by Gasteiger charge is 2.15. The summed E-state index contributed by atoms with van der Waals surface area (Å²) >= 11 is 9.71. The molecule has 192 valence electrons. The molecule has 0 aliphatic carbocycles. The van der Waals surface area contributed by atoms with E-state index in [9.17, 15) is 18.4 Å². The minimum Gasteiger partial charge on any atom is -0.755 e. The summed E-state index contributed by atoms with van der Waals surface area (Å²) in [6.45, 7) is 6.44. The molecule has 1 unspecified atom stereocenters. The first-order valence-electron chi connectivity index (χ1n) is 11.1. The summed E-state index contributed by atoms with van der Waals surface area (Å²) in [6, 6.07) is 11.5. The van der Waals surface area contributed by atoms with Crippen LogP contribution in [0.2, 0.25) is 10.0 Å². The number of hydrogen-bond acceptors (Lipinski definition) is 5. The van der Waals surface area contributed by atoms with Crippen molar-refractivity contribution >= 4 is 52.2 Å². The number of benzene rings is 2. The molecule has 11 heteroatoms. The number of amides is 2. The monoisotopic (exact) mass is 542 g/mol. The second kappa shape index (κ2) is 13.7. The van der Waals surface area contributed by atoms with Crippen LogP contribution >= 0.6 is 23.2 Å². The quantitative estimate of drug-likeness (QED) is 0.310. The fraction of sp³-hybridized carbons (Fsp3) is 0.417. The molecule has 2 rings (SSSR count). The predicted octanol–water partition coefficient (Wildman–Crippen LogP) is 4.87. The molecule has 2 aromatic rings. The van der Waals surface area contributed by atoms with Gasteiger partial charge in [-0.2, -0.15) is 0 Å². The number of carbonyl (C=O) groups is 2. The molecule has 0 heterocycles. The SMILES string of the molecule is CC(C)(C)OC(=O)NCCCCNC(=O)c1ccc(N(CCc2cccc(Cl)c2Cl)S(=O)[O-])cc1. The van der Waals surface area contributed by atoms with Gasteiger partial charge in [0.25, 0.3) is 5.91 Å². The largest absolute Gasteiger partial charge is 0.755 e. The van der Waals surface area contributed by atoms with Crippen LogP contribution in [0, 0.1) is 0 Å². The molecule has 1 atom stereocenters. The topological polar surface area (TPSA) is 111 Å². The Hall–Kier alpha value is -2.33. The molecule has 0 aromatic heterocycles. The number of carbonyl (C=O) groups excluding carboxylic acids is 2. The first kappa shape index (κ1) is 28.9. The Morgan fingerprint density at radius 2 is 1.66 bits per heavy atom. The second-order valence-corrected chi connectivity index (χ2v) is 10.4. The van der Waals surface area contributed by atoms with Crippen molar-refractivity contribution in [2.45, 2.75) is 45.6 Å². The molecule has 0 aliphatic rings. The number of ether oxygens (including phenoxy) is 1. The highest BCUT2D eigenvalue weighted by molar-refractivity contribution is 7.80. The average Bonchev–Trinajstić information content (AvgIpc) is 2.78. The standard InChI is InChI=1S/C24H31Cl2N3O5S/c1-24(2,3)34-23(31)28-15-5-4-14-27-22(30)18-9-11-19(12-10-18)29(35(32)33)16-13-17-7-6-8-20(25)21(17)26/h6-12H,4-5,13-16H2,1-3H3,(H,27,30)(H,28,31)(H,32,33)/p-1. The maximum atomic E-state index is 12.4. The zero-order chi connectivity index (χ0) is 26.0. The van der Waals surface area contributed by atoms with E-state index in [-0.39, 0.29) is 12.5 Å². The Kier molecular flexibility index (Phi) is 11.3. The lowest BCUT2D eigenvalue weighted by molar-refractivity contribution is 0.0526. The number of rotatable bonds is 11. The van der Waals surface area contributed by atoms with Crippen LogP contribution in [0.4, 0.5) is 10.5 Å². The van der Waals surface area contributed by atoms with Crippen molar-refractivity contribution in [2.24, 2.45) is 0 Å². The van der Waals surface area contributed by atoms with Crippen LogP contribution in [0.5, 0.6) is 0 Å². The molecule has 0 saturated carbocycles. The van der Waals surface area contributed by atoms with Gasteiger partial charge in [0.1, 0.15) is 5.60 Å². The number of nitrogens with zero attached hydrogens (tertiary/aromatic N) is 1. The van der Waals surface area contributed by atoms with Crippen molar-refractivity contribution in [3.8, 4) is 0 Å². The number of alkyl carbamates (subject to hydrolysis) is 1. The molecular formula is C24H30Cl2N3O5S-. The van der Waals surface area contributed by atoms with Gasteiger partial charge >= 0.3 is 6.09 Å². The van der Waals surface area contributed by atoms with Crippen LogP contribution in [-0.2, 0) is 22.4 Å². The first-order valence-corrected chi connectivity index (χ1v) is 12.9. The Morgan fingerprint density at radius 1 is 1.03 bits per heavy atom. The molecule has 0 aliphatic heterocycles. The number of nitrogens with one attached hydrogen (secondary N) is 2. The lowest BCUT2D eigenvalue weighted by atomic mass is 10.1. The van der Waals surface area contributed by atoms with E-state index in [1.54, 1.807) is 63.2 Å². The third kappa shape index (κ3) is 10.0. The van der Waals surface area contributed by atoms with Gasteiger partial charge in [-0.3, -0.25) is 9.00 Å². The smallest absolute Gasteiger partial charge is 0.407 e. The van der Waals surface area contributed by atoms with Gasteiger partial charge in [0.2, 0.25) is 0 Å². The van der Waals surface area contributed by atoms with E-state index in [4.69, 9.17) is 27.9 Å². The van der Waals surface area contributed by atoms with Gasteiger partial charge in [-0.05, 0) is 75.9 Å². The zero-order valence-corrected chi connectivity index (χ0v) is 22.3. The van der Waals surface area contributed by atoms with Crippen LogP contribution in [0.1, 0.15) is 49.5 Å². The highest BCUT2D eigenvalue weighted by atomic mass is 35.5. The van der Waals surface area contributed by atoms with Gasteiger partial charge in [-0.1, -0.05) is 35.3 Å².